The molecule has 4 heteroatoms. The van der Waals surface area contributed by atoms with Crippen LogP contribution in [0, 0.1) is 0 Å². The van der Waals surface area contributed by atoms with Crippen molar-refractivity contribution >= 4 is 11.8 Å². The van der Waals surface area contributed by atoms with Crippen LogP contribution < -0.4 is 9.64 Å². The summed E-state index contributed by atoms with van der Waals surface area (Å²) in [4.78, 5) is 14.4. The quantitative estimate of drug-likeness (QED) is 0.838. The number of nitrogens with zero attached hydrogens (tertiary/aromatic N) is 1. The minimum atomic E-state index is -0.528. The Kier molecular flexibility index (Phi) is 4.47. The Balaban J connectivity index is 1.78. The smallest absolute Gasteiger partial charge is 0.415 e. The molecule has 0 aliphatic carbocycles. The second kappa shape index (κ2) is 6.56. The fourth-order valence-electron chi connectivity index (χ4n) is 2.86. The molecule has 126 valence electrons. The Morgan fingerprint density at radius 2 is 1.75 bits per heavy atom. The van der Waals surface area contributed by atoms with Gasteiger partial charge in [-0.3, -0.25) is 4.90 Å². The minimum absolute atomic E-state index is 0.0718. The maximum Gasteiger partial charge on any atom is 0.415 e. The van der Waals surface area contributed by atoms with Crippen LogP contribution in [0.15, 0.2) is 54.6 Å². The van der Waals surface area contributed by atoms with E-state index in [0.29, 0.717) is 6.61 Å². The van der Waals surface area contributed by atoms with Gasteiger partial charge >= 0.3 is 6.09 Å². The molecule has 3 rings (SSSR count). The average molecular weight is 325 g/mol. The summed E-state index contributed by atoms with van der Waals surface area (Å²) >= 11 is 0. The van der Waals surface area contributed by atoms with Gasteiger partial charge in [0.15, 0.2) is 0 Å². The van der Waals surface area contributed by atoms with E-state index in [1.165, 1.54) is 0 Å². The third-order valence-electron chi connectivity index (χ3n) is 3.85. The third kappa shape index (κ3) is 3.70. The normalized spacial score (nSPS) is 16.6. The highest BCUT2D eigenvalue weighted by molar-refractivity contribution is 5.91. The molecule has 2 aromatic rings. The monoisotopic (exact) mass is 325 g/mol. The molecule has 0 unspecified atom stereocenters. The van der Waals surface area contributed by atoms with Crippen LogP contribution in [0.3, 0.4) is 0 Å². The van der Waals surface area contributed by atoms with E-state index in [1.54, 1.807) is 4.90 Å². The average Bonchev–Trinajstić information content (AvgIpc) is 2.91. The fraction of sp³-hybridized carbons (Fsp3) is 0.350. The molecule has 0 saturated carbocycles. The second-order valence-electron chi connectivity index (χ2n) is 6.96. The zero-order valence-electron chi connectivity index (χ0n) is 14.4. The summed E-state index contributed by atoms with van der Waals surface area (Å²) < 4.78 is 11.5. The molecule has 24 heavy (non-hydrogen) atoms. The molecule has 2 aromatic carbocycles. The molecule has 0 aromatic heterocycles. The molecular weight excluding hydrogens is 302 g/mol. The molecule has 0 spiro atoms. The summed E-state index contributed by atoms with van der Waals surface area (Å²) in [6, 6.07) is 17.5. The lowest BCUT2D eigenvalue weighted by atomic mass is 10.1. The number of hydrogen-bond donors (Lipinski definition) is 0. The lowest BCUT2D eigenvalue weighted by Gasteiger charge is -2.29. The van der Waals surface area contributed by atoms with Crippen LogP contribution in [0.1, 0.15) is 26.3 Å². The summed E-state index contributed by atoms with van der Waals surface area (Å²) in [6.07, 6.45) is 0.441. The number of amides is 1. The van der Waals surface area contributed by atoms with E-state index in [2.05, 4.69) is 6.07 Å². The summed E-state index contributed by atoms with van der Waals surface area (Å²) in [6.45, 7) is 6.06. The van der Waals surface area contributed by atoms with Crippen LogP contribution in [-0.4, -0.2) is 24.3 Å². The van der Waals surface area contributed by atoms with Crippen molar-refractivity contribution in [1.29, 1.82) is 0 Å². The Bertz CT molecular complexity index is 706. The number of carbonyl (C=O) groups excluding carboxylic acids is 1. The summed E-state index contributed by atoms with van der Waals surface area (Å²) in [7, 11) is 0. The second-order valence-corrected chi connectivity index (χ2v) is 6.96. The number of ether oxygens (including phenoxy) is 2. The van der Waals surface area contributed by atoms with Crippen LogP contribution in [0.4, 0.5) is 10.5 Å². The van der Waals surface area contributed by atoms with E-state index in [1.807, 2.05) is 69.3 Å². The van der Waals surface area contributed by atoms with Gasteiger partial charge in [0.2, 0.25) is 0 Å². The molecule has 0 fully saturated rings. The van der Waals surface area contributed by atoms with E-state index >= 15 is 0 Å². The van der Waals surface area contributed by atoms with Gasteiger partial charge in [-0.15, -0.1) is 0 Å². The maximum atomic E-state index is 12.7. The van der Waals surface area contributed by atoms with Gasteiger partial charge in [0.1, 0.15) is 18.0 Å². The molecular formula is C20H23NO3. The third-order valence-corrected chi connectivity index (χ3v) is 3.85. The molecule has 1 aliphatic heterocycles. The SMILES string of the molecule is CC(C)(C)OC(=O)N1c2ccccc2C[C@H]1COc1ccccc1. The van der Waals surface area contributed by atoms with Crippen molar-refractivity contribution in [3.05, 3.63) is 60.2 Å². The van der Waals surface area contributed by atoms with E-state index < -0.39 is 5.60 Å². The van der Waals surface area contributed by atoms with Crippen molar-refractivity contribution in [2.24, 2.45) is 0 Å². The predicted molar refractivity (Wildman–Crippen MR) is 94.6 cm³/mol. The van der Waals surface area contributed by atoms with Gasteiger partial charge in [0.05, 0.1) is 11.7 Å². The summed E-state index contributed by atoms with van der Waals surface area (Å²) in [5, 5.41) is 0. The van der Waals surface area contributed by atoms with Gasteiger partial charge in [-0.25, -0.2) is 4.79 Å². The molecule has 1 heterocycles. The number of anilines is 1. The molecule has 1 aliphatic rings. The molecule has 0 saturated heterocycles. The Morgan fingerprint density at radius 3 is 2.46 bits per heavy atom. The van der Waals surface area contributed by atoms with Crippen molar-refractivity contribution in [2.45, 2.75) is 38.8 Å². The Morgan fingerprint density at radius 1 is 1.08 bits per heavy atom. The predicted octanol–water partition coefficient (Wildman–Crippen LogP) is 4.43. The highest BCUT2D eigenvalue weighted by Gasteiger charge is 2.36. The highest BCUT2D eigenvalue weighted by Crippen LogP contribution is 2.33. The number of hydrogen-bond acceptors (Lipinski definition) is 3. The van der Waals surface area contributed by atoms with E-state index in [9.17, 15) is 4.79 Å². The summed E-state index contributed by atoms with van der Waals surface area (Å²) in [5.41, 5.74) is 1.53. The van der Waals surface area contributed by atoms with E-state index in [4.69, 9.17) is 9.47 Å². The van der Waals surface area contributed by atoms with Crippen molar-refractivity contribution in [1.82, 2.24) is 0 Å². The first-order valence-electron chi connectivity index (χ1n) is 8.22. The standard InChI is InChI=1S/C20H23NO3/c1-20(2,3)24-19(22)21-16(13-15-9-7-8-12-18(15)21)14-23-17-10-5-4-6-11-17/h4-12,16H,13-14H2,1-3H3/t16-/m0/s1. The van der Waals surface area contributed by atoms with Crippen LogP contribution >= 0.6 is 0 Å². The number of carbonyl (C=O) groups is 1. The van der Waals surface area contributed by atoms with Crippen molar-refractivity contribution < 1.29 is 14.3 Å². The molecule has 0 N–H and O–H groups in total. The van der Waals surface area contributed by atoms with Gasteiger partial charge in [-0.1, -0.05) is 36.4 Å². The zero-order valence-corrected chi connectivity index (χ0v) is 14.4. The van der Waals surface area contributed by atoms with Gasteiger partial charge in [-0.2, -0.15) is 0 Å². The fourth-order valence-corrected chi connectivity index (χ4v) is 2.86. The molecule has 0 radical (unpaired) electrons. The van der Waals surface area contributed by atoms with Gasteiger partial charge in [0, 0.05) is 0 Å². The molecule has 1 amide bonds. The molecule has 4 nitrogen and oxygen atoms in total. The lowest BCUT2D eigenvalue weighted by molar-refractivity contribution is 0.0560. The highest BCUT2D eigenvalue weighted by atomic mass is 16.6. The first-order chi connectivity index (χ1) is 11.4. The van der Waals surface area contributed by atoms with Crippen molar-refractivity contribution in [3.63, 3.8) is 0 Å². The number of para-hydroxylation sites is 2. The largest absolute Gasteiger partial charge is 0.491 e. The van der Waals surface area contributed by atoms with Gasteiger partial charge in [-0.05, 0) is 51.0 Å². The van der Waals surface area contributed by atoms with Gasteiger partial charge in [0.25, 0.3) is 0 Å². The lowest BCUT2D eigenvalue weighted by Crippen LogP contribution is -2.44. The van der Waals surface area contributed by atoms with Crippen LogP contribution in [-0.2, 0) is 11.2 Å². The first kappa shape index (κ1) is 16.4. The Labute approximate surface area is 143 Å². The number of benzene rings is 2. The molecule has 1 atom stereocenters. The molecule has 0 bridgehead atoms. The van der Waals surface area contributed by atoms with Gasteiger partial charge < -0.3 is 9.47 Å². The number of rotatable bonds is 3. The Hall–Kier alpha value is -2.49. The topological polar surface area (TPSA) is 38.8 Å². The maximum absolute atomic E-state index is 12.7. The van der Waals surface area contributed by atoms with Crippen LogP contribution in [0.2, 0.25) is 0 Å². The zero-order chi connectivity index (χ0) is 17.2. The van der Waals surface area contributed by atoms with E-state index in [-0.39, 0.29) is 12.1 Å². The van der Waals surface area contributed by atoms with Crippen molar-refractivity contribution in [2.75, 3.05) is 11.5 Å². The van der Waals surface area contributed by atoms with Crippen LogP contribution in [0.25, 0.3) is 0 Å². The van der Waals surface area contributed by atoms with E-state index in [0.717, 1.165) is 23.4 Å². The van der Waals surface area contributed by atoms with Crippen LogP contribution in [0.5, 0.6) is 5.75 Å². The minimum Gasteiger partial charge on any atom is -0.491 e. The van der Waals surface area contributed by atoms with Crippen molar-refractivity contribution in [3.8, 4) is 5.75 Å². The summed E-state index contributed by atoms with van der Waals surface area (Å²) in [5.74, 6) is 0.803. The number of fused-ring (bicyclic) bond motifs is 1. The first-order valence-corrected chi connectivity index (χ1v) is 8.22.